The van der Waals surface area contributed by atoms with Crippen molar-refractivity contribution in [1.82, 2.24) is 9.78 Å². The third kappa shape index (κ3) is 1.68. The number of nitrogens with zero attached hydrogens (tertiary/aromatic N) is 2. The molecular weight excluding hydrogens is 212 g/mol. The van der Waals surface area contributed by atoms with Crippen molar-refractivity contribution in [1.29, 1.82) is 0 Å². The molecule has 3 heteroatoms. The van der Waals surface area contributed by atoms with Crippen molar-refractivity contribution in [3.05, 3.63) is 47.8 Å². The first-order valence-electron chi connectivity index (χ1n) is 5.91. The quantitative estimate of drug-likeness (QED) is 0.749. The number of carbonyl (C=O) groups excluding carboxylic acids is 1. The molecule has 1 aliphatic carbocycles. The van der Waals surface area contributed by atoms with Gasteiger partial charge >= 0.3 is 0 Å². The van der Waals surface area contributed by atoms with Gasteiger partial charge in [-0.2, -0.15) is 5.10 Å². The van der Waals surface area contributed by atoms with E-state index in [2.05, 4.69) is 12.0 Å². The van der Waals surface area contributed by atoms with Crippen LogP contribution >= 0.6 is 0 Å². The zero-order valence-corrected chi connectivity index (χ0v) is 9.76. The van der Waals surface area contributed by atoms with E-state index in [4.69, 9.17) is 0 Å². The maximum absolute atomic E-state index is 11.9. The number of ketones is 1. The maximum Gasteiger partial charge on any atom is 0.166 e. The van der Waals surface area contributed by atoms with Gasteiger partial charge in [-0.3, -0.25) is 4.79 Å². The molecule has 0 fully saturated rings. The van der Waals surface area contributed by atoms with Gasteiger partial charge in [0.15, 0.2) is 5.78 Å². The fourth-order valence-corrected chi connectivity index (χ4v) is 2.42. The van der Waals surface area contributed by atoms with Gasteiger partial charge in [0.25, 0.3) is 0 Å². The van der Waals surface area contributed by atoms with E-state index in [1.165, 1.54) is 0 Å². The number of hydrogen-bond acceptors (Lipinski definition) is 2. The summed E-state index contributed by atoms with van der Waals surface area (Å²) in [6, 6.07) is 9.97. The van der Waals surface area contributed by atoms with Crippen LogP contribution < -0.4 is 0 Å². The Morgan fingerprint density at radius 1 is 1.24 bits per heavy atom. The Labute approximate surface area is 100 Å². The summed E-state index contributed by atoms with van der Waals surface area (Å²) >= 11 is 0. The molecule has 0 aliphatic heterocycles. The van der Waals surface area contributed by atoms with Gasteiger partial charge in [-0.05, 0) is 24.5 Å². The largest absolute Gasteiger partial charge is 0.294 e. The molecule has 17 heavy (non-hydrogen) atoms. The molecule has 2 aromatic rings. The first-order valence-corrected chi connectivity index (χ1v) is 5.91. The molecule has 1 aliphatic rings. The highest BCUT2D eigenvalue weighted by molar-refractivity contribution is 5.98. The predicted octanol–water partition coefficient (Wildman–Crippen LogP) is 2.64. The fraction of sp³-hybridized carbons (Fsp3) is 0.286. The van der Waals surface area contributed by atoms with Gasteiger partial charge < -0.3 is 0 Å². The molecule has 3 rings (SSSR count). The molecule has 3 nitrogen and oxygen atoms in total. The lowest BCUT2D eigenvalue weighted by molar-refractivity contribution is 0.0953. The van der Waals surface area contributed by atoms with Gasteiger partial charge in [-0.25, -0.2) is 4.68 Å². The van der Waals surface area contributed by atoms with Gasteiger partial charge in [0, 0.05) is 6.42 Å². The van der Waals surface area contributed by atoms with Crippen molar-refractivity contribution in [2.24, 2.45) is 5.92 Å². The topological polar surface area (TPSA) is 34.9 Å². The number of hydrogen-bond donors (Lipinski definition) is 0. The van der Waals surface area contributed by atoms with E-state index in [9.17, 15) is 4.79 Å². The standard InChI is InChI=1S/C14H14N2O/c1-10-7-13-12(14(17)8-10)9-15-16(13)11-5-3-2-4-6-11/h2-6,9-10H,7-8H2,1H3/t10-/m1/s1. The van der Waals surface area contributed by atoms with Crippen molar-refractivity contribution in [3.63, 3.8) is 0 Å². The zero-order chi connectivity index (χ0) is 11.8. The number of rotatable bonds is 1. The minimum atomic E-state index is 0.223. The SMILES string of the molecule is C[C@H]1CC(=O)c2cnn(-c3ccccc3)c2C1. The first kappa shape index (κ1) is 10.3. The Kier molecular flexibility index (Phi) is 2.32. The van der Waals surface area contributed by atoms with E-state index < -0.39 is 0 Å². The lowest BCUT2D eigenvalue weighted by Crippen LogP contribution is -2.19. The summed E-state index contributed by atoms with van der Waals surface area (Å²) in [6.45, 7) is 2.11. The second-order valence-electron chi connectivity index (χ2n) is 4.69. The summed E-state index contributed by atoms with van der Waals surface area (Å²) < 4.78 is 1.89. The summed E-state index contributed by atoms with van der Waals surface area (Å²) in [5.74, 6) is 0.634. The van der Waals surface area contributed by atoms with Crippen LogP contribution in [0, 0.1) is 5.92 Å². The summed E-state index contributed by atoms with van der Waals surface area (Å²) in [5.41, 5.74) is 2.88. The zero-order valence-electron chi connectivity index (χ0n) is 9.76. The molecule has 0 bridgehead atoms. The van der Waals surface area contributed by atoms with Crippen LogP contribution in [0.25, 0.3) is 5.69 Å². The Morgan fingerprint density at radius 3 is 2.76 bits per heavy atom. The van der Waals surface area contributed by atoms with E-state index in [0.29, 0.717) is 12.3 Å². The van der Waals surface area contributed by atoms with Crippen molar-refractivity contribution >= 4 is 5.78 Å². The van der Waals surface area contributed by atoms with Crippen LogP contribution in [0.5, 0.6) is 0 Å². The highest BCUT2D eigenvalue weighted by Crippen LogP contribution is 2.26. The second kappa shape index (κ2) is 3.84. The Morgan fingerprint density at radius 2 is 2.00 bits per heavy atom. The third-order valence-corrected chi connectivity index (χ3v) is 3.25. The average Bonchev–Trinajstić information content (AvgIpc) is 2.74. The number of Topliss-reactive ketones (excluding diaryl/α,β-unsaturated/α-hetero) is 1. The first-order chi connectivity index (χ1) is 8.25. The number of benzene rings is 1. The van der Waals surface area contributed by atoms with Crippen LogP contribution in [0.4, 0.5) is 0 Å². The van der Waals surface area contributed by atoms with Gasteiger partial charge in [-0.1, -0.05) is 25.1 Å². The van der Waals surface area contributed by atoms with Gasteiger partial charge in [0.1, 0.15) is 0 Å². The maximum atomic E-state index is 11.9. The van der Waals surface area contributed by atoms with E-state index in [0.717, 1.165) is 23.4 Å². The van der Waals surface area contributed by atoms with E-state index >= 15 is 0 Å². The smallest absolute Gasteiger partial charge is 0.166 e. The van der Waals surface area contributed by atoms with Crippen LogP contribution in [0.2, 0.25) is 0 Å². The Hall–Kier alpha value is -1.90. The van der Waals surface area contributed by atoms with Crippen molar-refractivity contribution in [2.45, 2.75) is 19.8 Å². The molecule has 1 aromatic carbocycles. The molecule has 0 saturated heterocycles. The summed E-state index contributed by atoms with van der Waals surface area (Å²) in [5, 5.41) is 4.35. The molecule has 1 heterocycles. The van der Waals surface area contributed by atoms with Gasteiger partial charge in [0.05, 0.1) is 23.1 Å². The van der Waals surface area contributed by atoms with Crippen LogP contribution in [0.15, 0.2) is 36.5 Å². The summed E-state index contributed by atoms with van der Waals surface area (Å²) in [7, 11) is 0. The minimum absolute atomic E-state index is 0.223. The molecule has 0 unspecified atom stereocenters. The molecule has 0 amide bonds. The van der Waals surface area contributed by atoms with Crippen LogP contribution in [0.3, 0.4) is 0 Å². The van der Waals surface area contributed by atoms with E-state index in [1.54, 1.807) is 6.20 Å². The average molecular weight is 226 g/mol. The minimum Gasteiger partial charge on any atom is -0.294 e. The van der Waals surface area contributed by atoms with Crippen molar-refractivity contribution in [2.75, 3.05) is 0 Å². The van der Waals surface area contributed by atoms with Crippen LogP contribution in [-0.4, -0.2) is 15.6 Å². The van der Waals surface area contributed by atoms with Gasteiger partial charge in [0.2, 0.25) is 0 Å². The molecular formula is C14H14N2O. The van der Waals surface area contributed by atoms with E-state index in [1.807, 2.05) is 35.0 Å². The predicted molar refractivity (Wildman–Crippen MR) is 65.4 cm³/mol. The van der Waals surface area contributed by atoms with Gasteiger partial charge in [-0.15, -0.1) is 0 Å². The molecule has 0 N–H and O–H groups in total. The lowest BCUT2D eigenvalue weighted by atomic mass is 9.88. The number of aromatic nitrogens is 2. The molecule has 0 spiro atoms. The highest BCUT2D eigenvalue weighted by Gasteiger charge is 2.26. The third-order valence-electron chi connectivity index (χ3n) is 3.25. The Balaban J connectivity index is 2.12. The fourth-order valence-electron chi connectivity index (χ4n) is 2.42. The van der Waals surface area contributed by atoms with Crippen LogP contribution in [-0.2, 0) is 6.42 Å². The normalized spacial score (nSPS) is 19.1. The molecule has 0 saturated carbocycles. The molecule has 0 radical (unpaired) electrons. The van der Waals surface area contributed by atoms with E-state index in [-0.39, 0.29) is 5.78 Å². The van der Waals surface area contributed by atoms with Crippen LogP contribution in [0.1, 0.15) is 29.4 Å². The highest BCUT2D eigenvalue weighted by atomic mass is 16.1. The van der Waals surface area contributed by atoms with Crippen molar-refractivity contribution < 1.29 is 4.79 Å². The monoisotopic (exact) mass is 226 g/mol. The van der Waals surface area contributed by atoms with Crippen molar-refractivity contribution in [3.8, 4) is 5.69 Å². The Bertz CT molecular complexity index is 557. The number of carbonyl (C=O) groups is 1. The number of fused-ring (bicyclic) bond motifs is 1. The molecule has 1 atom stereocenters. The lowest BCUT2D eigenvalue weighted by Gasteiger charge is -2.18. The second-order valence-corrected chi connectivity index (χ2v) is 4.69. The summed E-state index contributed by atoms with van der Waals surface area (Å²) in [4.78, 5) is 11.9. The molecule has 1 aromatic heterocycles. The number of para-hydroxylation sites is 1. The molecule has 86 valence electrons. The summed E-state index contributed by atoms with van der Waals surface area (Å²) in [6.07, 6.45) is 3.28.